The molecule has 1 saturated heterocycles. The third-order valence-corrected chi connectivity index (χ3v) is 9.79. The van der Waals surface area contributed by atoms with Crippen LogP contribution in [0.4, 0.5) is 10.1 Å². The number of piperidine rings is 1. The van der Waals surface area contributed by atoms with Crippen LogP contribution in [0.3, 0.4) is 0 Å². The highest BCUT2D eigenvalue weighted by molar-refractivity contribution is 6.32. The van der Waals surface area contributed by atoms with Crippen molar-refractivity contribution in [2.75, 3.05) is 26.0 Å². The van der Waals surface area contributed by atoms with Gasteiger partial charge in [0.05, 0.1) is 29.3 Å². The van der Waals surface area contributed by atoms with Gasteiger partial charge in [-0.05, 0) is 52.2 Å². The molecule has 218 valence electrons. The second-order valence-corrected chi connectivity index (χ2v) is 12.1. The van der Waals surface area contributed by atoms with Crippen LogP contribution in [0.1, 0.15) is 47.2 Å². The number of phenols is 1. The summed E-state index contributed by atoms with van der Waals surface area (Å²) in [5.41, 5.74) is 1.69. The number of ketones is 4. The standard InChI is InChI=1S/C28H31FN4O8/c1-32(2)20-13-8-10-7-11-16(21(34)15(10)24(37)28(13,41)25(38)17(23(20)36)26(30)39)22(35)19-12(18(11)29)9-33-6-4-3-5-14(33)27(40)31-19/h10,13-15,17,20,35,41H,3-9H2,1-2H3,(H2,30,39)(H,31,40)/t10-,13-,14-,15?,17?,20-,28-/m0/s1. The zero-order valence-corrected chi connectivity index (χ0v) is 22.6. The van der Waals surface area contributed by atoms with Crippen molar-refractivity contribution < 1.29 is 43.4 Å². The van der Waals surface area contributed by atoms with E-state index in [9.17, 15) is 39.0 Å². The zero-order chi connectivity index (χ0) is 29.7. The number of benzene rings is 1. The second-order valence-electron chi connectivity index (χ2n) is 12.1. The van der Waals surface area contributed by atoms with Gasteiger partial charge in [-0.25, -0.2) is 4.39 Å². The lowest BCUT2D eigenvalue weighted by Gasteiger charge is -2.52. The summed E-state index contributed by atoms with van der Waals surface area (Å²) in [4.78, 5) is 82.7. The van der Waals surface area contributed by atoms with Gasteiger partial charge in [0.25, 0.3) is 0 Å². The fourth-order valence-corrected chi connectivity index (χ4v) is 7.92. The molecule has 2 amide bonds. The normalized spacial score (nSPS) is 35.1. The average Bonchev–Trinajstić information content (AvgIpc) is 3.05. The van der Waals surface area contributed by atoms with Crippen molar-refractivity contribution in [3.8, 4) is 5.75 Å². The minimum Gasteiger partial charge on any atom is -0.505 e. The maximum Gasteiger partial charge on any atom is 0.241 e. The number of hydrogen-bond donors (Lipinski definition) is 4. The molecule has 0 spiro atoms. The van der Waals surface area contributed by atoms with Crippen molar-refractivity contribution in [3.05, 3.63) is 22.5 Å². The molecule has 1 aromatic carbocycles. The van der Waals surface area contributed by atoms with E-state index in [1.807, 2.05) is 4.90 Å². The third-order valence-electron chi connectivity index (χ3n) is 9.79. The Labute approximate surface area is 234 Å². The van der Waals surface area contributed by atoms with Crippen molar-refractivity contribution in [3.63, 3.8) is 0 Å². The highest BCUT2D eigenvalue weighted by atomic mass is 19.1. The summed E-state index contributed by atoms with van der Waals surface area (Å²) in [6, 6.07) is -1.76. The second kappa shape index (κ2) is 9.23. The van der Waals surface area contributed by atoms with E-state index in [1.165, 1.54) is 19.0 Å². The first-order chi connectivity index (χ1) is 19.3. The lowest BCUT2D eigenvalue weighted by molar-refractivity contribution is -0.181. The highest BCUT2D eigenvalue weighted by Gasteiger charge is 2.69. The molecule has 41 heavy (non-hydrogen) atoms. The molecule has 12 nitrogen and oxygen atoms in total. The van der Waals surface area contributed by atoms with Crippen molar-refractivity contribution in [2.24, 2.45) is 29.4 Å². The van der Waals surface area contributed by atoms with Crippen molar-refractivity contribution in [1.82, 2.24) is 9.80 Å². The number of likely N-dealkylation sites (N-methyl/N-ethyl adjacent to an activating group) is 1. The van der Waals surface area contributed by atoms with Gasteiger partial charge in [-0.15, -0.1) is 0 Å². The predicted molar refractivity (Wildman–Crippen MR) is 138 cm³/mol. The van der Waals surface area contributed by atoms with Gasteiger partial charge in [0, 0.05) is 23.6 Å². The quantitative estimate of drug-likeness (QED) is 0.262. The Morgan fingerprint density at radius 1 is 1.12 bits per heavy atom. The molecular formula is C28H31FN4O8. The Morgan fingerprint density at radius 3 is 2.49 bits per heavy atom. The molecule has 0 bridgehead atoms. The molecule has 5 N–H and O–H groups in total. The molecule has 0 radical (unpaired) electrons. The molecule has 2 saturated carbocycles. The molecule has 5 aliphatic rings. The van der Waals surface area contributed by atoms with Gasteiger partial charge in [0.2, 0.25) is 11.8 Å². The number of nitrogens with zero attached hydrogens (tertiary/aromatic N) is 2. The van der Waals surface area contributed by atoms with E-state index in [-0.39, 0.29) is 36.2 Å². The summed E-state index contributed by atoms with van der Waals surface area (Å²) >= 11 is 0. The number of fused-ring (bicyclic) bond motifs is 5. The van der Waals surface area contributed by atoms with Gasteiger partial charge in [0.15, 0.2) is 40.4 Å². The van der Waals surface area contributed by atoms with Crippen LogP contribution >= 0.6 is 0 Å². The van der Waals surface area contributed by atoms with E-state index in [4.69, 9.17) is 5.73 Å². The van der Waals surface area contributed by atoms with Gasteiger partial charge in [-0.3, -0.25) is 38.6 Å². The molecule has 13 heteroatoms. The number of nitrogens with one attached hydrogen (secondary N) is 1. The van der Waals surface area contributed by atoms with Crippen LogP contribution in [0.25, 0.3) is 0 Å². The Morgan fingerprint density at radius 2 is 1.83 bits per heavy atom. The van der Waals surface area contributed by atoms with E-state index in [0.29, 0.717) is 13.0 Å². The number of aromatic hydroxyl groups is 1. The summed E-state index contributed by atoms with van der Waals surface area (Å²) in [7, 11) is 2.98. The monoisotopic (exact) mass is 570 g/mol. The van der Waals surface area contributed by atoms with E-state index in [1.54, 1.807) is 0 Å². The van der Waals surface area contributed by atoms with Crippen LogP contribution in [-0.2, 0) is 36.9 Å². The summed E-state index contributed by atoms with van der Waals surface area (Å²) in [5, 5.41) is 25.5. The minimum atomic E-state index is -2.87. The van der Waals surface area contributed by atoms with Gasteiger partial charge < -0.3 is 21.3 Å². The van der Waals surface area contributed by atoms with Crippen LogP contribution in [0.15, 0.2) is 0 Å². The lowest BCUT2D eigenvalue weighted by Crippen LogP contribution is -2.74. The van der Waals surface area contributed by atoms with Crippen LogP contribution in [0.2, 0.25) is 0 Å². The zero-order valence-electron chi connectivity index (χ0n) is 22.6. The number of nitrogens with two attached hydrogens (primary N) is 1. The summed E-state index contributed by atoms with van der Waals surface area (Å²) in [6.45, 7) is 0.600. The smallest absolute Gasteiger partial charge is 0.241 e. The minimum absolute atomic E-state index is 0.0369. The molecule has 0 aromatic heterocycles. The number of carbonyl (C=O) groups is 6. The molecule has 2 heterocycles. The molecule has 6 rings (SSSR count). The number of rotatable bonds is 2. The number of Topliss-reactive ketones (excluding diaryl/α,β-unsaturated/α-hetero) is 4. The number of aliphatic hydroxyl groups is 1. The lowest BCUT2D eigenvalue weighted by atomic mass is 9.52. The summed E-state index contributed by atoms with van der Waals surface area (Å²) in [6.07, 6.45) is 1.84. The molecular weight excluding hydrogens is 539 g/mol. The van der Waals surface area contributed by atoms with Crippen LogP contribution in [0, 0.1) is 29.5 Å². The van der Waals surface area contributed by atoms with Crippen molar-refractivity contribution in [1.29, 1.82) is 0 Å². The number of anilines is 1. The predicted octanol–water partition coefficient (Wildman–Crippen LogP) is -0.687. The maximum absolute atomic E-state index is 16.2. The number of carbonyl (C=O) groups excluding carboxylic acids is 6. The Hall–Kier alpha value is -3.55. The number of amides is 2. The Bertz CT molecular complexity index is 1460. The fourth-order valence-electron chi connectivity index (χ4n) is 7.92. The molecule has 7 atom stereocenters. The molecule has 3 fully saturated rings. The summed E-state index contributed by atoms with van der Waals surface area (Å²) in [5.74, 6) is -13.5. The first-order valence-electron chi connectivity index (χ1n) is 13.8. The molecule has 1 aromatic rings. The number of phenolic OH excluding ortho intramolecular Hbond substituents is 1. The number of halogens is 1. The van der Waals surface area contributed by atoms with E-state index in [0.717, 1.165) is 12.8 Å². The highest BCUT2D eigenvalue weighted by Crippen LogP contribution is 2.52. The van der Waals surface area contributed by atoms with E-state index in [2.05, 4.69) is 5.32 Å². The fraction of sp³-hybridized carbons (Fsp3) is 0.571. The van der Waals surface area contributed by atoms with Crippen LogP contribution < -0.4 is 11.1 Å². The topological polar surface area (TPSA) is 187 Å². The first kappa shape index (κ1) is 27.6. The Balaban J connectivity index is 1.47. The van der Waals surface area contributed by atoms with Crippen molar-refractivity contribution >= 4 is 40.6 Å². The van der Waals surface area contributed by atoms with Gasteiger partial charge in [0.1, 0.15) is 5.82 Å². The van der Waals surface area contributed by atoms with Crippen LogP contribution in [-0.4, -0.2) is 93.3 Å². The Kier molecular flexibility index (Phi) is 6.22. The number of primary amides is 1. The van der Waals surface area contributed by atoms with E-state index < -0.39 is 93.4 Å². The molecule has 2 unspecified atom stereocenters. The maximum atomic E-state index is 16.2. The van der Waals surface area contributed by atoms with Gasteiger partial charge >= 0.3 is 0 Å². The largest absolute Gasteiger partial charge is 0.505 e. The van der Waals surface area contributed by atoms with Gasteiger partial charge in [-0.2, -0.15) is 0 Å². The van der Waals surface area contributed by atoms with E-state index >= 15 is 4.39 Å². The third kappa shape index (κ3) is 3.61. The number of hydrogen-bond acceptors (Lipinski definition) is 10. The summed E-state index contributed by atoms with van der Waals surface area (Å²) < 4.78 is 16.2. The molecule has 2 aliphatic heterocycles. The van der Waals surface area contributed by atoms with Crippen LogP contribution in [0.5, 0.6) is 5.75 Å². The van der Waals surface area contributed by atoms with Crippen molar-refractivity contribution in [2.45, 2.75) is 56.3 Å². The molecule has 3 aliphatic carbocycles. The first-order valence-corrected chi connectivity index (χ1v) is 13.8. The SMILES string of the molecule is CN(C)[C@@H]1C(=O)C(C(N)=O)C(=O)[C@@]2(O)C(=O)C3C(=O)c4c(O)c5c(c(F)c4C[C@H]3C[C@@H]12)CN1CCCC[C@H]1C(=O)N5. The average molecular weight is 571 g/mol. The van der Waals surface area contributed by atoms with Gasteiger partial charge in [-0.1, -0.05) is 6.42 Å².